The largest absolute Gasteiger partial charge is 0.370 e. The molecule has 1 aromatic heterocycles. The molecule has 2 rings (SSSR count). The summed E-state index contributed by atoms with van der Waals surface area (Å²) < 4.78 is 11.1. The third-order valence-electron chi connectivity index (χ3n) is 4.15. The van der Waals surface area contributed by atoms with Crippen molar-refractivity contribution in [3.63, 3.8) is 0 Å². The molecule has 0 bridgehead atoms. The van der Waals surface area contributed by atoms with Crippen molar-refractivity contribution in [1.82, 2.24) is 10.1 Å². The third-order valence-corrected chi connectivity index (χ3v) is 4.79. The van der Waals surface area contributed by atoms with Gasteiger partial charge in [-0.1, -0.05) is 18.5 Å². The summed E-state index contributed by atoms with van der Waals surface area (Å²) in [4.78, 5) is 4.53. The van der Waals surface area contributed by atoms with E-state index in [4.69, 9.17) is 15.0 Å². The maximum atomic E-state index is 6.09. The molecule has 2 N–H and O–H groups in total. The SMILES string of the molecule is COC1(c2noc([C@H](N)CCSC)n2)CCCC(C)C1. The zero-order valence-electron chi connectivity index (χ0n) is 12.6. The van der Waals surface area contributed by atoms with Gasteiger partial charge in [-0.2, -0.15) is 16.7 Å². The van der Waals surface area contributed by atoms with Crippen molar-refractivity contribution in [2.45, 2.75) is 50.7 Å². The van der Waals surface area contributed by atoms with Crippen molar-refractivity contribution in [3.05, 3.63) is 11.7 Å². The minimum Gasteiger partial charge on any atom is -0.370 e. The Morgan fingerprint density at radius 2 is 2.40 bits per heavy atom. The summed E-state index contributed by atoms with van der Waals surface area (Å²) in [6.07, 6.45) is 7.18. The van der Waals surface area contributed by atoms with Gasteiger partial charge in [0, 0.05) is 7.11 Å². The monoisotopic (exact) mass is 299 g/mol. The van der Waals surface area contributed by atoms with Crippen LogP contribution in [0.5, 0.6) is 0 Å². The van der Waals surface area contributed by atoms with Crippen LogP contribution in [0.15, 0.2) is 4.52 Å². The molecule has 1 fully saturated rings. The average molecular weight is 299 g/mol. The van der Waals surface area contributed by atoms with Gasteiger partial charge in [0.2, 0.25) is 11.7 Å². The Bertz CT molecular complexity index is 426. The lowest BCUT2D eigenvalue weighted by molar-refractivity contribution is -0.0658. The molecular formula is C14H25N3O2S. The van der Waals surface area contributed by atoms with Gasteiger partial charge in [0.05, 0.1) is 6.04 Å². The van der Waals surface area contributed by atoms with Gasteiger partial charge in [-0.3, -0.25) is 0 Å². The van der Waals surface area contributed by atoms with Crippen molar-refractivity contribution >= 4 is 11.8 Å². The lowest BCUT2D eigenvalue weighted by Crippen LogP contribution is -2.35. The summed E-state index contributed by atoms with van der Waals surface area (Å²) in [5, 5.41) is 4.15. The summed E-state index contributed by atoms with van der Waals surface area (Å²) in [6.45, 7) is 2.25. The average Bonchev–Trinajstić information content (AvgIpc) is 2.95. The van der Waals surface area contributed by atoms with E-state index in [9.17, 15) is 0 Å². The van der Waals surface area contributed by atoms with Crippen LogP contribution in [0.4, 0.5) is 0 Å². The quantitative estimate of drug-likeness (QED) is 0.870. The van der Waals surface area contributed by atoms with E-state index in [1.807, 2.05) is 0 Å². The van der Waals surface area contributed by atoms with Crippen LogP contribution in [0, 0.1) is 5.92 Å². The number of thioether (sulfide) groups is 1. The number of aromatic nitrogens is 2. The first-order valence-corrected chi connectivity index (χ1v) is 8.64. The molecule has 0 radical (unpaired) electrons. The molecule has 20 heavy (non-hydrogen) atoms. The standard InChI is InChI=1S/C14H25N3O2S/c1-10-5-4-7-14(9-10,18-2)13-16-12(19-17-13)11(15)6-8-20-3/h10-11H,4-9,15H2,1-3H3/t10?,11-,14?/m1/s1. The number of nitrogens with two attached hydrogens (primary N) is 1. The number of methoxy groups -OCH3 is 1. The molecule has 114 valence electrons. The molecule has 1 aliphatic rings. The van der Waals surface area contributed by atoms with Gasteiger partial charge in [0.15, 0.2) is 0 Å². The summed E-state index contributed by atoms with van der Waals surface area (Å²) >= 11 is 1.77. The highest BCUT2D eigenvalue weighted by Crippen LogP contribution is 2.41. The molecule has 0 saturated heterocycles. The molecule has 2 unspecified atom stereocenters. The smallest absolute Gasteiger partial charge is 0.243 e. The van der Waals surface area contributed by atoms with Gasteiger partial charge in [0.1, 0.15) is 5.60 Å². The van der Waals surface area contributed by atoms with Crippen LogP contribution < -0.4 is 5.73 Å². The summed E-state index contributed by atoms with van der Waals surface area (Å²) in [6, 6.07) is -0.182. The van der Waals surface area contributed by atoms with E-state index in [1.165, 1.54) is 6.42 Å². The number of hydrogen-bond acceptors (Lipinski definition) is 6. The molecule has 0 aliphatic heterocycles. The van der Waals surface area contributed by atoms with E-state index in [-0.39, 0.29) is 6.04 Å². The number of nitrogens with zero attached hydrogens (tertiary/aromatic N) is 2. The minimum absolute atomic E-state index is 0.182. The Balaban J connectivity index is 2.13. The Labute approximate surface area is 125 Å². The lowest BCUT2D eigenvalue weighted by Gasteiger charge is -2.36. The van der Waals surface area contributed by atoms with Gasteiger partial charge in [-0.05, 0) is 43.6 Å². The van der Waals surface area contributed by atoms with Crippen LogP contribution in [-0.2, 0) is 10.3 Å². The van der Waals surface area contributed by atoms with E-state index >= 15 is 0 Å². The van der Waals surface area contributed by atoms with Gasteiger partial charge >= 0.3 is 0 Å². The predicted molar refractivity (Wildman–Crippen MR) is 80.5 cm³/mol. The lowest BCUT2D eigenvalue weighted by atomic mass is 9.78. The van der Waals surface area contributed by atoms with E-state index in [2.05, 4.69) is 23.3 Å². The Morgan fingerprint density at radius 1 is 1.60 bits per heavy atom. The molecule has 0 amide bonds. The first kappa shape index (κ1) is 15.8. The van der Waals surface area contributed by atoms with Gasteiger partial charge in [-0.25, -0.2) is 0 Å². The molecule has 3 atom stereocenters. The van der Waals surface area contributed by atoms with Crippen LogP contribution in [0.1, 0.15) is 56.8 Å². The summed E-state index contributed by atoms with van der Waals surface area (Å²) in [5.41, 5.74) is 5.70. The molecule has 5 nitrogen and oxygen atoms in total. The fourth-order valence-electron chi connectivity index (χ4n) is 2.92. The Kier molecular flexibility index (Phi) is 5.46. The topological polar surface area (TPSA) is 74.2 Å². The van der Waals surface area contributed by atoms with E-state index in [1.54, 1.807) is 18.9 Å². The van der Waals surface area contributed by atoms with Crippen LogP contribution in [0.2, 0.25) is 0 Å². The normalized spacial score (nSPS) is 28.5. The second-order valence-electron chi connectivity index (χ2n) is 5.74. The van der Waals surface area contributed by atoms with Crippen molar-refractivity contribution in [2.75, 3.05) is 19.1 Å². The maximum absolute atomic E-state index is 6.09. The van der Waals surface area contributed by atoms with E-state index in [0.29, 0.717) is 17.6 Å². The molecule has 1 saturated carbocycles. The molecule has 0 aromatic carbocycles. The fraction of sp³-hybridized carbons (Fsp3) is 0.857. The van der Waals surface area contributed by atoms with Crippen molar-refractivity contribution in [1.29, 1.82) is 0 Å². The van der Waals surface area contributed by atoms with Crippen LogP contribution in [-0.4, -0.2) is 29.3 Å². The Hall–Kier alpha value is -0.590. The zero-order chi connectivity index (χ0) is 14.6. The molecular weight excluding hydrogens is 274 g/mol. The van der Waals surface area contributed by atoms with Crippen molar-refractivity contribution in [2.24, 2.45) is 11.7 Å². The highest BCUT2D eigenvalue weighted by molar-refractivity contribution is 7.98. The van der Waals surface area contributed by atoms with Gasteiger partial charge < -0.3 is 15.0 Å². The second-order valence-corrected chi connectivity index (χ2v) is 6.73. The van der Waals surface area contributed by atoms with Crippen LogP contribution in [0.3, 0.4) is 0 Å². The van der Waals surface area contributed by atoms with Gasteiger partial charge in [0.25, 0.3) is 0 Å². The predicted octanol–water partition coefficient (Wildman–Crippen LogP) is 2.87. The number of ether oxygens (including phenoxy) is 1. The zero-order valence-corrected chi connectivity index (χ0v) is 13.4. The summed E-state index contributed by atoms with van der Waals surface area (Å²) in [7, 11) is 1.74. The number of rotatable bonds is 6. The molecule has 1 aliphatic carbocycles. The maximum Gasteiger partial charge on any atom is 0.243 e. The van der Waals surface area contributed by atoms with Crippen molar-refractivity contribution < 1.29 is 9.26 Å². The third kappa shape index (κ3) is 3.35. The van der Waals surface area contributed by atoms with E-state index in [0.717, 1.165) is 31.4 Å². The second kappa shape index (κ2) is 6.91. The first-order chi connectivity index (χ1) is 9.61. The van der Waals surface area contributed by atoms with Gasteiger partial charge in [-0.15, -0.1) is 0 Å². The molecule has 6 heteroatoms. The molecule has 1 aromatic rings. The van der Waals surface area contributed by atoms with Crippen molar-refractivity contribution in [3.8, 4) is 0 Å². The Morgan fingerprint density at radius 3 is 3.05 bits per heavy atom. The van der Waals surface area contributed by atoms with Crippen LogP contribution in [0.25, 0.3) is 0 Å². The summed E-state index contributed by atoms with van der Waals surface area (Å²) in [5.74, 6) is 2.81. The number of hydrogen-bond donors (Lipinski definition) is 1. The highest BCUT2D eigenvalue weighted by Gasteiger charge is 2.41. The minimum atomic E-state index is -0.390. The van der Waals surface area contributed by atoms with E-state index < -0.39 is 5.60 Å². The highest BCUT2D eigenvalue weighted by atomic mass is 32.2. The first-order valence-electron chi connectivity index (χ1n) is 7.25. The molecule has 1 heterocycles. The fourth-order valence-corrected chi connectivity index (χ4v) is 3.41. The molecule has 0 spiro atoms. The van der Waals surface area contributed by atoms with Crippen LogP contribution >= 0.6 is 11.8 Å².